The van der Waals surface area contributed by atoms with Crippen molar-refractivity contribution in [1.29, 1.82) is 0 Å². The van der Waals surface area contributed by atoms with Gasteiger partial charge in [0, 0.05) is 18.6 Å². The van der Waals surface area contributed by atoms with E-state index in [1.807, 2.05) is 0 Å². The Labute approximate surface area is 114 Å². The van der Waals surface area contributed by atoms with E-state index in [2.05, 4.69) is 32.6 Å². The normalized spacial score (nSPS) is 31.3. The molecule has 0 aliphatic heterocycles. The maximum absolute atomic E-state index is 6.21. The van der Waals surface area contributed by atoms with Gasteiger partial charge in [-0.3, -0.25) is 4.90 Å². The van der Waals surface area contributed by atoms with Crippen LogP contribution in [0.1, 0.15) is 66.2 Å². The van der Waals surface area contributed by atoms with Gasteiger partial charge in [-0.25, -0.2) is 0 Å². The van der Waals surface area contributed by atoms with Gasteiger partial charge in [0.15, 0.2) is 0 Å². The van der Waals surface area contributed by atoms with Crippen LogP contribution in [0.25, 0.3) is 0 Å². The van der Waals surface area contributed by atoms with Crippen LogP contribution in [0.2, 0.25) is 0 Å². The summed E-state index contributed by atoms with van der Waals surface area (Å²) < 4.78 is 0. The number of nitrogens with zero attached hydrogens (tertiary/aromatic N) is 1. The molecule has 0 radical (unpaired) electrons. The van der Waals surface area contributed by atoms with Crippen LogP contribution in [0.5, 0.6) is 0 Å². The molecule has 0 saturated heterocycles. The minimum Gasteiger partial charge on any atom is -0.329 e. The Morgan fingerprint density at radius 3 is 2.56 bits per heavy atom. The summed E-state index contributed by atoms with van der Waals surface area (Å²) in [4.78, 5) is 2.69. The maximum atomic E-state index is 6.21. The topological polar surface area (TPSA) is 29.3 Å². The Balaban J connectivity index is 2.75. The van der Waals surface area contributed by atoms with Crippen molar-refractivity contribution in [2.45, 2.75) is 71.8 Å². The van der Waals surface area contributed by atoms with Gasteiger partial charge in [0.05, 0.1) is 0 Å². The Morgan fingerprint density at radius 2 is 2.00 bits per heavy atom. The maximum Gasteiger partial charge on any atom is 0.0331 e. The molecule has 0 amide bonds. The lowest BCUT2D eigenvalue weighted by Crippen LogP contribution is -2.54. The monoisotopic (exact) mass is 254 g/mol. The second-order valence-electron chi connectivity index (χ2n) is 6.52. The van der Waals surface area contributed by atoms with Crippen LogP contribution >= 0.6 is 0 Å². The fraction of sp³-hybridized carbons (Fsp3) is 1.00. The molecule has 0 heterocycles. The van der Waals surface area contributed by atoms with Crippen molar-refractivity contribution < 1.29 is 0 Å². The lowest BCUT2D eigenvalue weighted by atomic mass is 9.86. The van der Waals surface area contributed by atoms with E-state index in [1.165, 1.54) is 45.1 Å². The van der Waals surface area contributed by atoms with Crippen LogP contribution in [0.15, 0.2) is 0 Å². The molecule has 0 spiro atoms. The van der Waals surface area contributed by atoms with Crippen molar-refractivity contribution in [3.8, 4) is 0 Å². The van der Waals surface area contributed by atoms with Gasteiger partial charge >= 0.3 is 0 Å². The average Bonchev–Trinajstić information content (AvgIpc) is 2.58. The molecule has 2 nitrogen and oxygen atoms in total. The number of hydrogen-bond donors (Lipinski definition) is 1. The molecule has 1 aliphatic rings. The average molecular weight is 254 g/mol. The van der Waals surface area contributed by atoms with Crippen LogP contribution in [0, 0.1) is 11.8 Å². The van der Waals surface area contributed by atoms with Gasteiger partial charge in [-0.15, -0.1) is 0 Å². The summed E-state index contributed by atoms with van der Waals surface area (Å²) in [7, 11) is 0. The van der Waals surface area contributed by atoms with Crippen LogP contribution < -0.4 is 5.73 Å². The first kappa shape index (κ1) is 16.0. The highest BCUT2D eigenvalue weighted by Gasteiger charge is 2.36. The molecular weight excluding hydrogens is 220 g/mol. The van der Waals surface area contributed by atoms with Gasteiger partial charge in [-0.2, -0.15) is 0 Å². The van der Waals surface area contributed by atoms with Crippen molar-refractivity contribution in [2.24, 2.45) is 17.6 Å². The highest BCUT2D eigenvalue weighted by atomic mass is 15.2. The molecule has 3 unspecified atom stereocenters. The summed E-state index contributed by atoms with van der Waals surface area (Å²) in [5.74, 6) is 1.68. The van der Waals surface area contributed by atoms with Crippen molar-refractivity contribution in [3.05, 3.63) is 0 Å². The zero-order chi connectivity index (χ0) is 13.6. The molecule has 0 aromatic heterocycles. The standard InChI is InChI=1S/C16H34N2/c1-5-14(3)12-18(6-2)16(13-17)10-7-8-15(4)9-11-16/h14-15H,5-13,17H2,1-4H3. The summed E-state index contributed by atoms with van der Waals surface area (Å²) in [6.07, 6.45) is 7.98. The van der Waals surface area contributed by atoms with E-state index in [0.717, 1.165) is 24.9 Å². The smallest absolute Gasteiger partial charge is 0.0331 e. The van der Waals surface area contributed by atoms with Gasteiger partial charge in [0.2, 0.25) is 0 Å². The molecule has 2 heteroatoms. The van der Waals surface area contributed by atoms with Gasteiger partial charge in [-0.05, 0) is 37.6 Å². The zero-order valence-corrected chi connectivity index (χ0v) is 13.0. The van der Waals surface area contributed by atoms with Crippen molar-refractivity contribution in [2.75, 3.05) is 19.6 Å². The van der Waals surface area contributed by atoms with Crippen LogP contribution in [-0.4, -0.2) is 30.1 Å². The fourth-order valence-corrected chi connectivity index (χ4v) is 3.38. The second-order valence-corrected chi connectivity index (χ2v) is 6.52. The van der Waals surface area contributed by atoms with Crippen molar-refractivity contribution >= 4 is 0 Å². The Kier molecular flexibility index (Phi) is 6.65. The highest BCUT2D eigenvalue weighted by Crippen LogP contribution is 2.34. The fourth-order valence-electron chi connectivity index (χ4n) is 3.38. The minimum atomic E-state index is 0.295. The first-order valence-electron chi connectivity index (χ1n) is 8.03. The molecule has 1 fully saturated rings. The van der Waals surface area contributed by atoms with E-state index in [0.29, 0.717) is 5.54 Å². The Morgan fingerprint density at radius 1 is 1.28 bits per heavy atom. The largest absolute Gasteiger partial charge is 0.329 e. The summed E-state index contributed by atoms with van der Waals surface area (Å²) in [5.41, 5.74) is 6.50. The molecule has 1 rings (SSSR count). The molecule has 0 aromatic rings. The predicted octanol–water partition coefficient (Wildman–Crippen LogP) is 3.65. The van der Waals surface area contributed by atoms with Crippen LogP contribution in [-0.2, 0) is 0 Å². The van der Waals surface area contributed by atoms with Gasteiger partial charge in [0.1, 0.15) is 0 Å². The molecule has 2 N–H and O–H groups in total. The zero-order valence-electron chi connectivity index (χ0n) is 13.0. The second kappa shape index (κ2) is 7.49. The third-order valence-electron chi connectivity index (χ3n) is 5.10. The highest BCUT2D eigenvalue weighted by molar-refractivity contribution is 4.94. The van der Waals surface area contributed by atoms with E-state index in [9.17, 15) is 0 Å². The molecule has 3 atom stereocenters. The third kappa shape index (κ3) is 3.96. The van der Waals surface area contributed by atoms with Crippen molar-refractivity contribution in [1.82, 2.24) is 4.90 Å². The number of nitrogens with two attached hydrogens (primary N) is 1. The molecule has 0 aromatic carbocycles. The predicted molar refractivity (Wildman–Crippen MR) is 80.7 cm³/mol. The first-order valence-corrected chi connectivity index (χ1v) is 8.03. The molecule has 1 saturated carbocycles. The minimum absolute atomic E-state index is 0.295. The van der Waals surface area contributed by atoms with E-state index in [1.54, 1.807) is 0 Å². The van der Waals surface area contributed by atoms with E-state index < -0.39 is 0 Å². The molecule has 1 aliphatic carbocycles. The number of hydrogen-bond acceptors (Lipinski definition) is 2. The quantitative estimate of drug-likeness (QED) is 0.733. The number of rotatable bonds is 6. The molecule has 0 bridgehead atoms. The molecule has 108 valence electrons. The van der Waals surface area contributed by atoms with Crippen LogP contribution in [0.4, 0.5) is 0 Å². The first-order chi connectivity index (χ1) is 8.57. The third-order valence-corrected chi connectivity index (χ3v) is 5.10. The number of likely N-dealkylation sites (N-methyl/N-ethyl adjacent to an activating group) is 1. The lowest BCUT2D eigenvalue weighted by molar-refractivity contribution is 0.0675. The lowest BCUT2D eigenvalue weighted by Gasteiger charge is -2.44. The van der Waals surface area contributed by atoms with Gasteiger partial charge in [-0.1, -0.05) is 47.0 Å². The summed E-state index contributed by atoms with van der Waals surface area (Å²) in [5, 5.41) is 0. The molecule has 18 heavy (non-hydrogen) atoms. The van der Waals surface area contributed by atoms with E-state index >= 15 is 0 Å². The Hall–Kier alpha value is -0.0800. The molecular formula is C16H34N2. The van der Waals surface area contributed by atoms with Gasteiger partial charge in [0.25, 0.3) is 0 Å². The van der Waals surface area contributed by atoms with E-state index in [4.69, 9.17) is 5.73 Å². The van der Waals surface area contributed by atoms with Crippen molar-refractivity contribution in [3.63, 3.8) is 0 Å². The summed E-state index contributed by atoms with van der Waals surface area (Å²) in [6.45, 7) is 12.6. The Bertz CT molecular complexity index is 229. The van der Waals surface area contributed by atoms with Crippen LogP contribution in [0.3, 0.4) is 0 Å². The SMILES string of the molecule is CCC(C)CN(CC)C1(CN)CCCC(C)CC1. The van der Waals surface area contributed by atoms with Gasteiger partial charge < -0.3 is 5.73 Å². The summed E-state index contributed by atoms with van der Waals surface area (Å²) in [6, 6.07) is 0. The summed E-state index contributed by atoms with van der Waals surface area (Å²) >= 11 is 0. The van der Waals surface area contributed by atoms with E-state index in [-0.39, 0.29) is 0 Å².